The molecular formula is C23H26N4O4S. The minimum atomic E-state index is -0.294. The summed E-state index contributed by atoms with van der Waals surface area (Å²) in [6.07, 6.45) is 0. The molecule has 9 heteroatoms. The van der Waals surface area contributed by atoms with Crippen molar-refractivity contribution in [1.82, 2.24) is 4.90 Å². The van der Waals surface area contributed by atoms with E-state index < -0.39 is 0 Å². The third kappa shape index (κ3) is 5.23. The van der Waals surface area contributed by atoms with Gasteiger partial charge in [0.05, 0.1) is 31.2 Å². The van der Waals surface area contributed by atoms with Crippen LogP contribution < -0.4 is 15.1 Å². The fourth-order valence-electron chi connectivity index (χ4n) is 3.66. The summed E-state index contributed by atoms with van der Waals surface area (Å²) < 4.78 is 5.37. The number of benzene rings is 2. The van der Waals surface area contributed by atoms with Crippen molar-refractivity contribution in [2.45, 2.75) is 4.90 Å². The summed E-state index contributed by atoms with van der Waals surface area (Å²) in [5, 5.41) is 2.83. The van der Waals surface area contributed by atoms with Crippen LogP contribution in [0.4, 0.5) is 17.1 Å². The van der Waals surface area contributed by atoms with Gasteiger partial charge in [-0.25, -0.2) is 0 Å². The average molecular weight is 455 g/mol. The van der Waals surface area contributed by atoms with E-state index in [2.05, 4.69) is 10.2 Å². The van der Waals surface area contributed by atoms with E-state index in [1.807, 2.05) is 48.5 Å². The molecule has 0 radical (unpaired) electrons. The van der Waals surface area contributed by atoms with Crippen molar-refractivity contribution in [2.24, 2.45) is 0 Å². The van der Waals surface area contributed by atoms with Crippen molar-refractivity contribution in [1.29, 1.82) is 0 Å². The van der Waals surface area contributed by atoms with Crippen molar-refractivity contribution < 1.29 is 19.1 Å². The highest BCUT2D eigenvalue weighted by molar-refractivity contribution is 8.00. The van der Waals surface area contributed by atoms with Crippen molar-refractivity contribution in [3.8, 4) is 0 Å². The number of carbonyl (C=O) groups is 3. The molecule has 0 aromatic heterocycles. The Balaban J connectivity index is 1.30. The van der Waals surface area contributed by atoms with E-state index in [9.17, 15) is 14.4 Å². The van der Waals surface area contributed by atoms with E-state index in [0.717, 1.165) is 29.4 Å². The lowest BCUT2D eigenvalue weighted by Gasteiger charge is -2.30. The molecule has 1 saturated heterocycles. The quantitative estimate of drug-likeness (QED) is 0.720. The van der Waals surface area contributed by atoms with Crippen LogP contribution in [0.5, 0.6) is 0 Å². The first-order chi connectivity index (χ1) is 15.5. The summed E-state index contributed by atoms with van der Waals surface area (Å²) in [5.74, 6) is -0.395. The normalized spacial score (nSPS) is 15.8. The van der Waals surface area contributed by atoms with Gasteiger partial charge in [0.2, 0.25) is 17.7 Å². The molecule has 1 fully saturated rings. The molecule has 2 aromatic carbocycles. The molecular weight excluding hydrogens is 428 g/mol. The van der Waals surface area contributed by atoms with Crippen LogP contribution in [-0.2, 0) is 19.1 Å². The first-order valence-electron chi connectivity index (χ1n) is 10.5. The molecule has 0 saturated carbocycles. The monoisotopic (exact) mass is 454 g/mol. The molecule has 0 spiro atoms. The minimum Gasteiger partial charge on any atom is -0.378 e. The number of hydrogen-bond donors (Lipinski definition) is 1. The second kappa shape index (κ2) is 10.1. The third-order valence-electron chi connectivity index (χ3n) is 5.44. The second-order valence-electron chi connectivity index (χ2n) is 7.68. The van der Waals surface area contributed by atoms with Crippen LogP contribution in [0, 0.1) is 0 Å². The number of carbonyl (C=O) groups excluding carboxylic acids is 3. The van der Waals surface area contributed by atoms with Gasteiger partial charge >= 0.3 is 0 Å². The molecule has 0 atom stereocenters. The molecule has 0 aliphatic carbocycles. The topological polar surface area (TPSA) is 82.2 Å². The van der Waals surface area contributed by atoms with Gasteiger partial charge in [0.25, 0.3) is 0 Å². The fourth-order valence-corrected chi connectivity index (χ4v) is 4.60. The minimum absolute atomic E-state index is 0.0889. The summed E-state index contributed by atoms with van der Waals surface area (Å²) in [4.78, 5) is 43.6. The van der Waals surface area contributed by atoms with Crippen LogP contribution in [-0.4, -0.2) is 74.8 Å². The predicted molar refractivity (Wildman–Crippen MR) is 125 cm³/mol. The average Bonchev–Trinajstić information content (AvgIpc) is 2.82. The Labute approximate surface area is 191 Å². The number of nitrogens with one attached hydrogen (secondary N) is 1. The zero-order valence-corrected chi connectivity index (χ0v) is 18.8. The Hall–Kier alpha value is -3.04. The molecule has 3 amide bonds. The van der Waals surface area contributed by atoms with Gasteiger partial charge in [-0.05, 0) is 36.4 Å². The highest BCUT2D eigenvalue weighted by atomic mass is 32.2. The van der Waals surface area contributed by atoms with E-state index in [-0.39, 0.29) is 30.8 Å². The first-order valence-corrected chi connectivity index (χ1v) is 11.5. The molecule has 2 aromatic rings. The number of amides is 3. The fraction of sp³-hybridized carbons (Fsp3) is 0.348. The van der Waals surface area contributed by atoms with Gasteiger partial charge in [0.15, 0.2) is 0 Å². The number of rotatable bonds is 6. The maximum absolute atomic E-state index is 12.7. The molecule has 8 nitrogen and oxygen atoms in total. The summed E-state index contributed by atoms with van der Waals surface area (Å²) in [6.45, 7) is 2.94. The molecule has 4 rings (SSSR count). The molecule has 168 valence electrons. The van der Waals surface area contributed by atoms with E-state index in [0.29, 0.717) is 24.7 Å². The highest BCUT2D eigenvalue weighted by Crippen LogP contribution is 2.34. The second-order valence-corrected chi connectivity index (χ2v) is 8.70. The number of anilines is 3. The van der Waals surface area contributed by atoms with Crippen LogP contribution >= 0.6 is 11.8 Å². The molecule has 32 heavy (non-hydrogen) atoms. The summed E-state index contributed by atoms with van der Waals surface area (Å²) in [6, 6.07) is 15.2. The summed E-state index contributed by atoms with van der Waals surface area (Å²) in [5.41, 5.74) is 2.49. The van der Waals surface area contributed by atoms with Gasteiger partial charge in [-0.2, -0.15) is 0 Å². The number of morpholine rings is 1. The highest BCUT2D eigenvalue weighted by Gasteiger charge is 2.27. The Morgan fingerprint density at radius 3 is 2.56 bits per heavy atom. The van der Waals surface area contributed by atoms with Crippen LogP contribution in [0.1, 0.15) is 0 Å². The smallest absolute Gasteiger partial charge is 0.243 e. The number of thioether (sulfide) groups is 1. The van der Waals surface area contributed by atoms with Crippen molar-refractivity contribution in [3.63, 3.8) is 0 Å². The van der Waals surface area contributed by atoms with E-state index in [4.69, 9.17) is 4.74 Å². The van der Waals surface area contributed by atoms with Gasteiger partial charge in [-0.15, -0.1) is 11.8 Å². The lowest BCUT2D eigenvalue weighted by Crippen LogP contribution is -2.45. The van der Waals surface area contributed by atoms with Gasteiger partial charge in [0.1, 0.15) is 6.54 Å². The maximum atomic E-state index is 12.7. The van der Waals surface area contributed by atoms with E-state index in [1.165, 1.54) is 21.6 Å². The number of ether oxygens (including phenoxy) is 1. The SMILES string of the molecule is CN(CC(=O)Nc1ccc(N2CCOCC2)cc1)C(=O)CN1C(=O)CSc2ccccc21. The van der Waals surface area contributed by atoms with E-state index >= 15 is 0 Å². The Bertz CT molecular complexity index is 992. The molecule has 0 bridgehead atoms. The zero-order chi connectivity index (χ0) is 22.5. The standard InChI is InChI=1S/C23H26N4O4S/c1-25(22(29)15-27-19-4-2-3-5-20(19)32-16-23(27)30)14-21(28)24-17-6-8-18(9-7-17)26-10-12-31-13-11-26/h2-9H,10-16H2,1H3,(H,24,28). The van der Waals surface area contributed by atoms with Crippen LogP contribution in [0.25, 0.3) is 0 Å². The van der Waals surface area contributed by atoms with Gasteiger partial charge in [-0.1, -0.05) is 12.1 Å². The number of fused-ring (bicyclic) bond motifs is 1. The van der Waals surface area contributed by atoms with Gasteiger partial charge in [-0.3, -0.25) is 14.4 Å². The Morgan fingerprint density at radius 1 is 1.09 bits per heavy atom. The third-order valence-corrected chi connectivity index (χ3v) is 6.48. The Kier molecular flexibility index (Phi) is 6.96. The van der Waals surface area contributed by atoms with Crippen molar-refractivity contribution >= 4 is 46.5 Å². The lowest BCUT2D eigenvalue weighted by molar-refractivity contribution is -0.133. The lowest BCUT2D eigenvalue weighted by atomic mass is 10.2. The van der Waals surface area contributed by atoms with Crippen LogP contribution in [0.15, 0.2) is 53.4 Å². The predicted octanol–water partition coefficient (Wildman–Crippen LogP) is 2.06. The largest absolute Gasteiger partial charge is 0.378 e. The van der Waals surface area contributed by atoms with Gasteiger partial charge < -0.3 is 24.8 Å². The number of likely N-dealkylation sites (N-methyl/N-ethyl adjacent to an activating group) is 1. The number of nitrogens with zero attached hydrogens (tertiary/aromatic N) is 3. The molecule has 2 aliphatic heterocycles. The van der Waals surface area contributed by atoms with Crippen LogP contribution in [0.2, 0.25) is 0 Å². The molecule has 2 aliphatic rings. The van der Waals surface area contributed by atoms with Gasteiger partial charge in [0, 0.05) is 36.4 Å². The molecule has 0 unspecified atom stereocenters. The zero-order valence-electron chi connectivity index (χ0n) is 18.0. The first kappa shape index (κ1) is 22.2. The molecule has 1 N–H and O–H groups in total. The maximum Gasteiger partial charge on any atom is 0.243 e. The number of para-hydroxylation sites is 1. The van der Waals surface area contributed by atoms with Crippen LogP contribution in [0.3, 0.4) is 0 Å². The van der Waals surface area contributed by atoms with Crippen molar-refractivity contribution in [3.05, 3.63) is 48.5 Å². The summed E-state index contributed by atoms with van der Waals surface area (Å²) >= 11 is 1.47. The Morgan fingerprint density at radius 2 is 1.81 bits per heavy atom. The molecule has 2 heterocycles. The number of hydrogen-bond acceptors (Lipinski definition) is 6. The van der Waals surface area contributed by atoms with E-state index in [1.54, 1.807) is 7.05 Å². The van der Waals surface area contributed by atoms with Crippen molar-refractivity contribution in [2.75, 3.05) is 67.3 Å². The summed E-state index contributed by atoms with van der Waals surface area (Å²) in [7, 11) is 1.57.